The van der Waals surface area contributed by atoms with Gasteiger partial charge in [0.25, 0.3) is 0 Å². The fraction of sp³-hybridized carbons (Fsp3) is 0.0909. The van der Waals surface area contributed by atoms with E-state index in [9.17, 15) is 8.78 Å². The molecule has 0 bridgehead atoms. The lowest BCUT2D eigenvalue weighted by atomic mass is 10.0. The van der Waals surface area contributed by atoms with E-state index in [0.29, 0.717) is 9.90 Å². The van der Waals surface area contributed by atoms with Crippen LogP contribution in [-0.4, -0.2) is 0 Å². The van der Waals surface area contributed by atoms with Gasteiger partial charge in [-0.1, -0.05) is 17.7 Å². The van der Waals surface area contributed by atoms with Crippen LogP contribution in [0.15, 0.2) is 29.6 Å². The SMILES string of the molecule is NNC(c1sccc1Cl)c1c(F)cccc1F. The molecule has 0 saturated heterocycles. The Balaban J connectivity index is 2.53. The topological polar surface area (TPSA) is 38.0 Å². The molecule has 3 N–H and O–H groups in total. The molecule has 0 fully saturated rings. The van der Waals surface area contributed by atoms with E-state index in [4.69, 9.17) is 17.4 Å². The second kappa shape index (κ2) is 5.10. The fourth-order valence-electron chi connectivity index (χ4n) is 1.59. The molecule has 0 amide bonds. The third-order valence-corrected chi connectivity index (χ3v) is 3.79. The second-order valence-corrected chi connectivity index (χ2v) is 4.72. The van der Waals surface area contributed by atoms with Crippen molar-refractivity contribution in [2.24, 2.45) is 5.84 Å². The number of nitrogens with one attached hydrogen (secondary N) is 1. The number of rotatable bonds is 3. The van der Waals surface area contributed by atoms with Gasteiger partial charge in [0.05, 0.1) is 11.1 Å². The van der Waals surface area contributed by atoms with Crippen LogP contribution < -0.4 is 11.3 Å². The van der Waals surface area contributed by atoms with Crippen molar-refractivity contribution in [1.29, 1.82) is 0 Å². The average molecular weight is 275 g/mol. The molecule has 0 radical (unpaired) electrons. The minimum atomic E-state index is -0.788. The van der Waals surface area contributed by atoms with Gasteiger partial charge in [-0.05, 0) is 23.6 Å². The molecule has 90 valence electrons. The lowest BCUT2D eigenvalue weighted by Gasteiger charge is -2.16. The lowest BCUT2D eigenvalue weighted by Crippen LogP contribution is -2.29. The summed E-state index contributed by atoms with van der Waals surface area (Å²) in [5.41, 5.74) is 2.26. The number of hydrogen-bond acceptors (Lipinski definition) is 3. The third kappa shape index (κ3) is 2.32. The van der Waals surface area contributed by atoms with E-state index in [1.807, 2.05) is 0 Å². The smallest absolute Gasteiger partial charge is 0.131 e. The van der Waals surface area contributed by atoms with Crippen molar-refractivity contribution in [3.63, 3.8) is 0 Å². The van der Waals surface area contributed by atoms with Crippen molar-refractivity contribution in [2.75, 3.05) is 0 Å². The molecule has 17 heavy (non-hydrogen) atoms. The number of hydrogen-bond donors (Lipinski definition) is 2. The van der Waals surface area contributed by atoms with Crippen molar-refractivity contribution in [2.45, 2.75) is 6.04 Å². The Bertz CT molecular complexity index is 510. The Morgan fingerprint density at radius 3 is 2.35 bits per heavy atom. The van der Waals surface area contributed by atoms with Gasteiger partial charge in [0.1, 0.15) is 11.6 Å². The minimum absolute atomic E-state index is 0.126. The van der Waals surface area contributed by atoms with E-state index < -0.39 is 17.7 Å². The molecule has 1 heterocycles. The Labute approximate surface area is 106 Å². The van der Waals surface area contributed by atoms with Crippen LogP contribution in [0.25, 0.3) is 0 Å². The number of halogens is 3. The Morgan fingerprint density at radius 2 is 1.88 bits per heavy atom. The first kappa shape index (κ1) is 12.4. The summed E-state index contributed by atoms with van der Waals surface area (Å²) in [5, 5.41) is 2.17. The Morgan fingerprint density at radius 1 is 1.24 bits per heavy atom. The summed E-state index contributed by atoms with van der Waals surface area (Å²) >= 11 is 7.22. The molecule has 0 aliphatic heterocycles. The Hall–Kier alpha value is -1.01. The maximum atomic E-state index is 13.6. The van der Waals surface area contributed by atoms with Gasteiger partial charge in [0.15, 0.2) is 0 Å². The van der Waals surface area contributed by atoms with Crippen LogP contribution in [0.5, 0.6) is 0 Å². The minimum Gasteiger partial charge on any atom is -0.271 e. The quantitative estimate of drug-likeness (QED) is 0.666. The zero-order valence-electron chi connectivity index (χ0n) is 8.58. The van der Waals surface area contributed by atoms with Crippen molar-refractivity contribution >= 4 is 22.9 Å². The molecule has 1 unspecified atom stereocenters. The van der Waals surface area contributed by atoms with Crippen LogP contribution >= 0.6 is 22.9 Å². The van der Waals surface area contributed by atoms with Gasteiger partial charge in [0.2, 0.25) is 0 Å². The van der Waals surface area contributed by atoms with Gasteiger partial charge in [-0.2, -0.15) is 0 Å². The predicted octanol–water partition coefficient (Wildman–Crippen LogP) is 3.23. The summed E-state index contributed by atoms with van der Waals surface area (Å²) in [6.07, 6.45) is 0. The second-order valence-electron chi connectivity index (χ2n) is 3.37. The zero-order valence-corrected chi connectivity index (χ0v) is 10.2. The van der Waals surface area contributed by atoms with Gasteiger partial charge in [-0.25, -0.2) is 14.2 Å². The molecule has 2 rings (SSSR count). The highest BCUT2D eigenvalue weighted by Crippen LogP contribution is 2.34. The van der Waals surface area contributed by atoms with Crippen LogP contribution in [0.4, 0.5) is 8.78 Å². The first-order valence-corrected chi connectivity index (χ1v) is 6.04. The molecule has 2 nitrogen and oxygen atoms in total. The highest BCUT2D eigenvalue weighted by atomic mass is 35.5. The fourth-order valence-corrected chi connectivity index (χ4v) is 2.82. The highest BCUT2D eigenvalue weighted by Gasteiger charge is 2.23. The predicted molar refractivity (Wildman–Crippen MR) is 64.9 cm³/mol. The summed E-state index contributed by atoms with van der Waals surface area (Å²) < 4.78 is 27.3. The molecule has 1 aromatic heterocycles. The summed E-state index contributed by atoms with van der Waals surface area (Å²) in [6.45, 7) is 0. The van der Waals surface area contributed by atoms with Gasteiger partial charge >= 0.3 is 0 Å². The maximum Gasteiger partial charge on any atom is 0.131 e. The van der Waals surface area contributed by atoms with Gasteiger partial charge in [0, 0.05) is 10.4 Å². The molecule has 1 aromatic carbocycles. The number of thiophene rings is 1. The monoisotopic (exact) mass is 274 g/mol. The summed E-state index contributed by atoms with van der Waals surface area (Å²) in [5.74, 6) is 4.06. The third-order valence-electron chi connectivity index (χ3n) is 2.36. The summed E-state index contributed by atoms with van der Waals surface area (Å²) in [7, 11) is 0. The molecule has 2 aromatic rings. The largest absolute Gasteiger partial charge is 0.271 e. The van der Waals surface area contributed by atoms with Crippen molar-refractivity contribution in [3.8, 4) is 0 Å². The molecule has 6 heteroatoms. The van der Waals surface area contributed by atoms with Crippen molar-refractivity contribution < 1.29 is 8.78 Å². The average Bonchev–Trinajstić information content (AvgIpc) is 2.70. The van der Waals surface area contributed by atoms with Crippen LogP contribution in [0.1, 0.15) is 16.5 Å². The maximum absolute atomic E-state index is 13.6. The van der Waals surface area contributed by atoms with E-state index in [1.54, 1.807) is 11.4 Å². The molecule has 0 spiro atoms. The van der Waals surface area contributed by atoms with Crippen molar-refractivity contribution in [3.05, 3.63) is 56.7 Å². The number of nitrogens with two attached hydrogens (primary N) is 1. The standard InChI is InChI=1S/C11H9ClF2N2S/c12-6-4-5-17-11(6)10(16-15)9-7(13)2-1-3-8(9)14/h1-5,10,16H,15H2. The molecule has 0 aliphatic carbocycles. The van der Waals surface area contributed by atoms with E-state index in [1.165, 1.54) is 29.5 Å². The number of hydrazine groups is 1. The first-order valence-electron chi connectivity index (χ1n) is 4.78. The Kier molecular flexibility index (Phi) is 3.73. The highest BCUT2D eigenvalue weighted by molar-refractivity contribution is 7.10. The van der Waals surface area contributed by atoms with E-state index in [0.717, 1.165) is 0 Å². The van der Waals surface area contributed by atoms with E-state index in [-0.39, 0.29) is 5.56 Å². The van der Waals surface area contributed by atoms with Crippen LogP contribution in [0.2, 0.25) is 5.02 Å². The number of benzene rings is 1. The summed E-state index contributed by atoms with van der Waals surface area (Å²) in [6, 6.07) is 4.54. The van der Waals surface area contributed by atoms with Gasteiger partial charge < -0.3 is 0 Å². The van der Waals surface area contributed by atoms with E-state index in [2.05, 4.69) is 5.43 Å². The van der Waals surface area contributed by atoms with Gasteiger partial charge in [-0.15, -0.1) is 11.3 Å². The molecule has 0 aliphatic rings. The molecule has 1 atom stereocenters. The molecular weight excluding hydrogens is 266 g/mol. The zero-order chi connectivity index (χ0) is 12.4. The van der Waals surface area contributed by atoms with Crippen molar-refractivity contribution in [1.82, 2.24) is 5.43 Å². The van der Waals surface area contributed by atoms with Crippen LogP contribution in [-0.2, 0) is 0 Å². The first-order chi connectivity index (χ1) is 8.15. The van der Waals surface area contributed by atoms with E-state index >= 15 is 0 Å². The van der Waals surface area contributed by atoms with Crippen LogP contribution in [0.3, 0.4) is 0 Å². The normalized spacial score (nSPS) is 12.7. The van der Waals surface area contributed by atoms with Gasteiger partial charge in [-0.3, -0.25) is 5.84 Å². The summed E-state index contributed by atoms with van der Waals surface area (Å²) in [4.78, 5) is 0.582. The molecular formula is C11H9ClF2N2S. The lowest BCUT2D eigenvalue weighted by molar-refractivity contribution is 0.514. The molecule has 0 saturated carbocycles. The van der Waals surface area contributed by atoms with Crippen LogP contribution in [0, 0.1) is 11.6 Å².